The first-order chi connectivity index (χ1) is 6.15. The van der Waals surface area contributed by atoms with Crippen LogP contribution in [0.1, 0.15) is 12.6 Å². The maximum absolute atomic E-state index is 10.9. The molecular weight excluding hydrogens is 234 g/mol. The van der Waals surface area contributed by atoms with Crippen molar-refractivity contribution in [2.24, 2.45) is 0 Å². The molecule has 0 saturated heterocycles. The largest absolute Gasteiger partial charge is 0.495 e. The highest BCUT2D eigenvalue weighted by molar-refractivity contribution is 9.10. The predicted molar refractivity (Wildman–Crippen MR) is 52.9 cm³/mol. The number of pyridine rings is 1. The topological polar surface area (TPSA) is 39.2 Å². The van der Waals surface area contributed by atoms with Crippen molar-refractivity contribution < 1.29 is 9.53 Å². The number of aromatic nitrogens is 1. The standard InChI is InChI=1S/C9H10BrNO2/c1-6(12)5-7-9(10)8(13-2)3-4-11-7/h3-4H,5H2,1-2H3. The van der Waals surface area contributed by atoms with Gasteiger partial charge in [-0.15, -0.1) is 0 Å². The van der Waals surface area contributed by atoms with E-state index in [1.807, 2.05) is 0 Å². The number of hydrogen-bond donors (Lipinski definition) is 0. The molecule has 13 heavy (non-hydrogen) atoms. The first-order valence-electron chi connectivity index (χ1n) is 3.82. The van der Waals surface area contributed by atoms with Gasteiger partial charge in [0.05, 0.1) is 17.3 Å². The van der Waals surface area contributed by atoms with Crippen molar-refractivity contribution in [2.75, 3.05) is 7.11 Å². The Morgan fingerprint density at radius 3 is 2.92 bits per heavy atom. The fourth-order valence-electron chi connectivity index (χ4n) is 0.984. The van der Waals surface area contributed by atoms with Crippen LogP contribution in [0.2, 0.25) is 0 Å². The highest BCUT2D eigenvalue weighted by Gasteiger charge is 2.08. The lowest BCUT2D eigenvalue weighted by atomic mass is 10.2. The van der Waals surface area contributed by atoms with Crippen molar-refractivity contribution in [3.8, 4) is 5.75 Å². The third-order valence-electron chi connectivity index (χ3n) is 1.56. The van der Waals surface area contributed by atoms with E-state index in [-0.39, 0.29) is 5.78 Å². The summed E-state index contributed by atoms with van der Waals surface area (Å²) in [5.74, 6) is 0.785. The molecule has 0 aliphatic carbocycles. The van der Waals surface area contributed by atoms with Crippen LogP contribution in [0.25, 0.3) is 0 Å². The molecule has 0 unspecified atom stereocenters. The molecule has 0 amide bonds. The normalized spacial score (nSPS) is 9.77. The number of carbonyl (C=O) groups is 1. The van der Waals surface area contributed by atoms with Gasteiger partial charge in [0, 0.05) is 12.6 Å². The van der Waals surface area contributed by atoms with E-state index in [0.29, 0.717) is 17.9 Å². The Bertz CT molecular complexity index is 325. The van der Waals surface area contributed by atoms with Crippen molar-refractivity contribution in [3.63, 3.8) is 0 Å². The minimum Gasteiger partial charge on any atom is -0.495 e. The average molecular weight is 244 g/mol. The smallest absolute Gasteiger partial charge is 0.136 e. The number of methoxy groups -OCH3 is 1. The van der Waals surface area contributed by atoms with E-state index in [9.17, 15) is 4.79 Å². The van der Waals surface area contributed by atoms with Gasteiger partial charge < -0.3 is 4.74 Å². The third kappa shape index (κ3) is 2.52. The highest BCUT2D eigenvalue weighted by atomic mass is 79.9. The second-order valence-corrected chi connectivity index (χ2v) is 3.45. The zero-order valence-corrected chi connectivity index (χ0v) is 9.09. The van der Waals surface area contributed by atoms with Crippen molar-refractivity contribution >= 4 is 21.7 Å². The summed E-state index contributed by atoms with van der Waals surface area (Å²) in [6, 6.07) is 1.74. The molecule has 4 heteroatoms. The van der Waals surface area contributed by atoms with Gasteiger partial charge in [0.1, 0.15) is 11.5 Å². The molecule has 1 aromatic heterocycles. The van der Waals surface area contributed by atoms with E-state index in [4.69, 9.17) is 4.74 Å². The van der Waals surface area contributed by atoms with Gasteiger partial charge in [0.2, 0.25) is 0 Å². The van der Waals surface area contributed by atoms with Crippen LogP contribution >= 0.6 is 15.9 Å². The molecule has 3 nitrogen and oxygen atoms in total. The van der Waals surface area contributed by atoms with Gasteiger partial charge in [-0.1, -0.05) is 0 Å². The molecule has 0 aliphatic heterocycles. The van der Waals surface area contributed by atoms with Crippen LogP contribution in [-0.2, 0) is 11.2 Å². The molecule has 1 aromatic rings. The van der Waals surface area contributed by atoms with Gasteiger partial charge in [-0.3, -0.25) is 9.78 Å². The van der Waals surface area contributed by atoms with Crippen LogP contribution in [0.5, 0.6) is 5.75 Å². The van der Waals surface area contributed by atoms with Gasteiger partial charge in [-0.05, 0) is 28.9 Å². The maximum Gasteiger partial charge on any atom is 0.136 e. The van der Waals surface area contributed by atoms with E-state index in [2.05, 4.69) is 20.9 Å². The predicted octanol–water partition coefficient (Wildman–Crippen LogP) is 1.98. The van der Waals surface area contributed by atoms with Crippen molar-refractivity contribution in [1.29, 1.82) is 0 Å². The van der Waals surface area contributed by atoms with Crippen molar-refractivity contribution in [2.45, 2.75) is 13.3 Å². The number of Topliss-reactive ketones (excluding diaryl/α,β-unsaturated/α-hetero) is 1. The first kappa shape index (κ1) is 10.2. The molecule has 70 valence electrons. The van der Waals surface area contributed by atoms with E-state index < -0.39 is 0 Å². The Morgan fingerprint density at radius 1 is 1.69 bits per heavy atom. The van der Waals surface area contributed by atoms with E-state index in [1.165, 1.54) is 6.92 Å². The summed E-state index contributed by atoms with van der Waals surface area (Å²) >= 11 is 3.33. The summed E-state index contributed by atoms with van der Waals surface area (Å²) in [7, 11) is 1.58. The molecule has 0 N–H and O–H groups in total. The minimum atomic E-state index is 0.0847. The van der Waals surface area contributed by atoms with Crippen LogP contribution in [0.15, 0.2) is 16.7 Å². The molecule has 0 aliphatic rings. The molecule has 0 spiro atoms. The zero-order chi connectivity index (χ0) is 9.84. The fourth-order valence-corrected chi connectivity index (χ4v) is 1.52. The summed E-state index contributed by atoms with van der Waals surface area (Å²) in [4.78, 5) is 14.9. The lowest BCUT2D eigenvalue weighted by Gasteiger charge is -2.05. The summed E-state index contributed by atoms with van der Waals surface area (Å²) in [6.07, 6.45) is 1.96. The average Bonchev–Trinajstić information content (AvgIpc) is 2.08. The van der Waals surface area contributed by atoms with Crippen molar-refractivity contribution in [1.82, 2.24) is 4.98 Å². The van der Waals surface area contributed by atoms with Crippen molar-refractivity contribution in [3.05, 3.63) is 22.4 Å². The van der Waals surface area contributed by atoms with Crippen LogP contribution in [0.3, 0.4) is 0 Å². The Morgan fingerprint density at radius 2 is 2.38 bits per heavy atom. The number of hydrogen-bond acceptors (Lipinski definition) is 3. The Labute approximate surface area is 85.3 Å². The monoisotopic (exact) mass is 243 g/mol. The Balaban J connectivity index is 3.01. The SMILES string of the molecule is COc1ccnc(CC(C)=O)c1Br. The Kier molecular flexibility index (Phi) is 3.42. The number of ketones is 1. The van der Waals surface area contributed by atoms with Gasteiger partial charge >= 0.3 is 0 Å². The number of nitrogens with zero attached hydrogens (tertiary/aromatic N) is 1. The van der Waals surface area contributed by atoms with Gasteiger partial charge in [0.15, 0.2) is 0 Å². The van der Waals surface area contributed by atoms with Gasteiger partial charge in [-0.2, -0.15) is 0 Å². The summed E-state index contributed by atoms with van der Waals surface area (Å²) in [5.41, 5.74) is 0.715. The number of halogens is 1. The molecule has 1 rings (SSSR count). The van der Waals surface area contributed by atoms with Crippen LogP contribution in [0, 0.1) is 0 Å². The zero-order valence-electron chi connectivity index (χ0n) is 7.50. The molecule has 0 aromatic carbocycles. The van der Waals surface area contributed by atoms with Crippen LogP contribution in [-0.4, -0.2) is 17.9 Å². The first-order valence-corrected chi connectivity index (χ1v) is 4.61. The highest BCUT2D eigenvalue weighted by Crippen LogP contribution is 2.26. The lowest BCUT2D eigenvalue weighted by molar-refractivity contribution is -0.116. The molecule has 0 radical (unpaired) electrons. The molecule has 0 bridgehead atoms. The minimum absolute atomic E-state index is 0.0847. The van der Waals surface area contributed by atoms with E-state index in [0.717, 1.165) is 4.47 Å². The van der Waals surface area contributed by atoms with Crippen LogP contribution < -0.4 is 4.74 Å². The third-order valence-corrected chi connectivity index (χ3v) is 2.41. The second kappa shape index (κ2) is 4.37. The summed E-state index contributed by atoms with van der Waals surface area (Å²) in [5, 5.41) is 0. The maximum atomic E-state index is 10.9. The Hall–Kier alpha value is -0.900. The fraction of sp³-hybridized carbons (Fsp3) is 0.333. The van der Waals surface area contributed by atoms with Gasteiger partial charge in [0.25, 0.3) is 0 Å². The molecule has 0 saturated carbocycles. The van der Waals surface area contributed by atoms with Crippen LogP contribution in [0.4, 0.5) is 0 Å². The van der Waals surface area contributed by atoms with E-state index in [1.54, 1.807) is 19.4 Å². The number of carbonyl (C=O) groups excluding carboxylic acids is 1. The van der Waals surface area contributed by atoms with Gasteiger partial charge in [-0.25, -0.2) is 0 Å². The molecular formula is C9H10BrNO2. The lowest BCUT2D eigenvalue weighted by Crippen LogP contribution is -2.01. The quantitative estimate of drug-likeness (QED) is 0.816. The summed E-state index contributed by atoms with van der Waals surface area (Å²) < 4.78 is 5.83. The second-order valence-electron chi connectivity index (χ2n) is 2.65. The summed E-state index contributed by atoms with van der Waals surface area (Å²) in [6.45, 7) is 1.54. The molecule has 0 fully saturated rings. The molecule has 1 heterocycles. The molecule has 0 atom stereocenters. The van der Waals surface area contributed by atoms with E-state index >= 15 is 0 Å². The number of rotatable bonds is 3. The number of ether oxygens (including phenoxy) is 1.